The first-order valence-electron chi connectivity index (χ1n) is 6.49. The first-order chi connectivity index (χ1) is 9.43. The fourth-order valence-electron chi connectivity index (χ4n) is 2.35. The predicted octanol–water partition coefficient (Wildman–Crippen LogP) is 3.16. The molecule has 1 unspecified atom stereocenters. The molecule has 6 heteroatoms. The van der Waals surface area contributed by atoms with Gasteiger partial charge in [-0.3, -0.25) is 4.79 Å². The van der Waals surface area contributed by atoms with Crippen LogP contribution in [0.2, 0.25) is 5.02 Å². The number of nitrogens with one attached hydrogen (secondary N) is 1. The highest BCUT2D eigenvalue weighted by molar-refractivity contribution is 6.31. The second kappa shape index (κ2) is 5.71. The molecule has 0 spiro atoms. The molecule has 2 aromatic heterocycles. The number of hydrogen-bond donors (Lipinski definition) is 1. The number of rotatable bonds is 4. The smallest absolute Gasteiger partial charge is 0.268 e. The Kier molecular flexibility index (Phi) is 4.18. The fraction of sp³-hybridized carbons (Fsp3) is 0.429. The van der Waals surface area contributed by atoms with Crippen LogP contribution in [0.4, 0.5) is 0 Å². The molecular formula is C14H18ClN3O2. The van der Waals surface area contributed by atoms with Gasteiger partial charge < -0.3 is 14.4 Å². The Morgan fingerprint density at radius 3 is 2.70 bits per heavy atom. The Bertz CT molecular complexity index is 611. The van der Waals surface area contributed by atoms with Crippen molar-refractivity contribution in [2.24, 2.45) is 7.05 Å². The monoisotopic (exact) mass is 295 g/mol. The summed E-state index contributed by atoms with van der Waals surface area (Å²) in [5, 5.41) is 7.48. The summed E-state index contributed by atoms with van der Waals surface area (Å²) in [4.78, 5) is 12.3. The van der Waals surface area contributed by atoms with Crippen molar-refractivity contribution >= 4 is 17.5 Å². The van der Waals surface area contributed by atoms with Crippen molar-refractivity contribution in [2.45, 2.75) is 33.2 Å². The maximum Gasteiger partial charge on any atom is 0.268 e. The highest BCUT2D eigenvalue weighted by Gasteiger charge is 2.22. The van der Waals surface area contributed by atoms with Crippen LogP contribution in [0.1, 0.15) is 46.9 Å². The number of nitrogens with zero attached hydrogens (tertiary/aromatic N) is 2. The minimum Gasteiger partial charge on any atom is -0.361 e. The van der Waals surface area contributed by atoms with Gasteiger partial charge in [-0.2, -0.15) is 0 Å². The standard InChI is InChI=1S/C14H18ClN3O2/c1-5-11(13-8(2)17-20-9(13)3)16-14(19)12-6-10(15)7-18(12)4/h6-7,11H,5H2,1-4H3,(H,16,19). The zero-order chi connectivity index (χ0) is 14.9. The molecule has 0 bridgehead atoms. The van der Waals surface area contributed by atoms with E-state index in [2.05, 4.69) is 10.5 Å². The number of aryl methyl sites for hydroxylation is 3. The van der Waals surface area contributed by atoms with E-state index >= 15 is 0 Å². The third kappa shape index (κ3) is 2.72. The van der Waals surface area contributed by atoms with E-state index in [-0.39, 0.29) is 11.9 Å². The van der Waals surface area contributed by atoms with Crippen molar-refractivity contribution < 1.29 is 9.32 Å². The average Bonchev–Trinajstić information content (AvgIpc) is 2.90. The van der Waals surface area contributed by atoms with E-state index in [0.717, 1.165) is 23.4 Å². The second-order valence-corrected chi connectivity index (χ2v) is 5.26. The van der Waals surface area contributed by atoms with Crippen LogP contribution in [0.5, 0.6) is 0 Å². The minimum absolute atomic E-state index is 0.123. The van der Waals surface area contributed by atoms with Gasteiger partial charge in [0.1, 0.15) is 11.5 Å². The van der Waals surface area contributed by atoms with Crippen molar-refractivity contribution in [3.05, 3.63) is 40.0 Å². The number of carbonyl (C=O) groups is 1. The van der Waals surface area contributed by atoms with Gasteiger partial charge in [0.05, 0.1) is 16.8 Å². The summed E-state index contributed by atoms with van der Waals surface area (Å²) in [6, 6.07) is 1.53. The van der Waals surface area contributed by atoms with E-state index in [4.69, 9.17) is 16.1 Å². The topological polar surface area (TPSA) is 60.1 Å². The summed E-state index contributed by atoms with van der Waals surface area (Å²) < 4.78 is 6.87. The predicted molar refractivity (Wildman–Crippen MR) is 76.9 cm³/mol. The number of amides is 1. The number of aromatic nitrogens is 2. The van der Waals surface area contributed by atoms with Gasteiger partial charge in [0.25, 0.3) is 5.91 Å². The van der Waals surface area contributed by atoms with Crippen LogP contribution in [0, 0.1) is 13.8 Å². The molecule has 1 amide bonds. The Morgan fingerprint density at radius 2 is 2.25 bits per heavy atom. The Hall–Kier alpha value is -1.75. The van der Waals surface area contributed by atoms with Gasteiger partial charge >= 0.3 is 0 Å². The van der Waals surface area contributed by atoms with E-state index in [9.17, 15) is 4.79 Å². The maximum atomic E-state index is 12.3. The van der Waals surface area contributed by atoms with Gasteiger partial charge in [-0.05, 0) is 26.3 Å². The van der Waals surface area contributed by atoms with Crippen LogP contribution in [0.15, 0.2) is 16.8 Å². The zero-order valence-corrected chi connectivity index (χ0v) is 12.8. The normalized spacial score (nSPS) is 12.4. The van der Waals surface area contributed by atoms with Crippen molar-refractivity contribution in [3.8, 4) is 0 Å². The molecule has 2 rings (SSSR count). The largest absolute Gasteiger partial charge is 0.361 e. The third-order valence-corrected chi connectivity index (χ3v) is 3.56. The van der Waals surface area contributed by atoms with Crippen LogP contribution in [-0.4, -0.2) is 15.6 Å². The zero-order valence-electron chi connectivity index (χ0n) is 12.0. The molecule has 0 saturated heterocycles. The Morgan fingerprint density at radius 1 is 1.55 bits per heavy atom. The molecule has 108 valence electrons. The molecule has 0 radical (unpaired) electrons. The summed E-state index contributed by atoms with van der Waals surface area (Å²) in [6.07, 6.45) is 2.46. The molecule has 0 aliphatic heterocycles. The first-order valence-corrected chi connectivity index (χ1v) is 6.87. The van der Waals surface area contributed by atoms with E-state index in [1.54, 1.807) is 23.9 Å². The van der Waals surface area contributed by atoms with Crippen molar-refractivity contribution in [1.82, 2.24) is 15.0 Å². The lowest BCUT2D eigenvalue weighted by atomic mass is 10.0. The highest BCUT2D eigenvalue weighted by atomic mass is 35.5. The molecule has 0 aromatic carbocycles. The number of halogens is 1. The van der Waals surface area contributed by atoms with Crippen molar-refractivity contribution in [3.63, 3.8) is 0 Å². The van der Waals surface area contributed by atoms with E-state index in [1.807, 2.05) is 20.8 Å². The summed E-state index contributed by atoms with van der Waals surface area (Å²) in [5.74, 6) is 0.575. The second-order valence-electron chi connectivity index (χ2n) is 4.83. The van der Waals surface area contributed by atoms with Crippen LogP contribution in [-0.2, 0) is 7.05 Å². The summed E-state index contributed by atoms with van der Waals surface area (Å²) in [7, 11) is 1.79. The van der Waals surface area contributed by atoms with Crippen molar-refractivity contribution in [1.29, 1.82) is 0 Å². The number of carbonyl (C=O) groups excluding carboxylic acids is 1. The van der Waals surface area contributed by atoms with Crippen LogP contribution < -0.4 is 5.32 Å². The van der Waals surface area contributed by atoms with Crippen LogP contribution in [0.25, 0.3) is 0 Å². The lowest BCUT2D eigenvalue weighted by molar-refractivity contribution is 0.0927. The molecule has 0 saturated carbocycles. The van der Waals surface area contributed by atoms with E-state index in [0.29, 0.717) is 10.7 Å². The Balaban J connectivity index is 2.23. The van der Waals surface area contributed by atoms with Gasteiger partial charge in [0, 0.05) is 18.8 Å². The first kappa shape index (κ1) is 14.7. The summed E-state index contributed by atoms with van der Waals surface area (Å²) in [5.41, 5.74) is 2.28. The quantitative estimate of drug-likeness (QED) is 0.942. The molecule has 5 nitrogen and oxygen atoms in total. The molecule has 1 N–H and O–H groups in total. The molecule has 0 aliphatic carbocycles. The average molecular weight is 296 g/mol. The van der Waals surface area contributed by atoms with Gasteiger partial charge in [0.2, 0.25) is 0 Å². The van der Waals surface area contributed by atoms with Crippen molar-refractivity contribution in [2.75, 3.05) is 0 Å². The lowest BCUT2D eigenvalue weighted by Gasteiger charge is -2.17. The van der Waals surface area contributed by atoms with Gasteiger partial charge in [-0.15, -0.1) is 0 Å². The van der Waals surface area contributed by atoms with Gasteiger partial charge in [-0.25, -0.2) is 0 Å². The maximum absolute atomic E-state index is 12.3. The molecule has 2 heterocycles. The number of hydrogen-bond acceptors (Lipinski definition) is 3. The van der Waals surface area contributed by atoms with E-state index < -0.39 is 0 Å². The van der Waals surface area contributed by atoms with Gasteiger partial charge in [-0.1, -0.05) is 23.7 Å². The minimum atomic E-state index is -0.161. The Labute approximate surface area is 122 Å². The molecule has 2 aromatic rings. The lowest BCUT2D eigenvalue weighted by Crippen LogP contribution is -2.30. The molecule has 20 heavy (non-hydrogen) atoms. The molecule has 1 atom stereocenters. The molecular weight excluding hydrogens is 278 g/mol. The third-order valence-electron chi connectivity index (χ3n) is 3.35. The molecule has 0 aliphatic rings. The summed E-state index contributed by atoms with van der Waals surface area (Å²) in [6.45, 7) is 5.73. The van der Waals surface area contributed by atoms with Gasteiger partial charge in [0.15, 0.2) is 0 Å². The van der Waals surface area contributed by atoms with Crippen LogP contribution >= 0.6 is 11.6 Å². The fourth-order valence-corrected chi connectivity index (χ4v) is 2.60. The van der Waals surface area contributed by atoms with E-state index in [1.165, 1.54) is 0 Å². The SMILES string of the molecule is CCC(NC(=O)c1cc(Cl)cn1C)c1c(C)noc1C. The van der Waals surface area contributed by atoms with Crippen LogP contribution in [0.3, 0.4) is 0 Å². The highest BCUT2D eigenvalue weighted by Crippen LogP contribution is 2.24. The molecule has 0 fully saturated rings. The summed E-state index contributed by atoms with van der Waals surface area (Å²) >= 11 is 5.90.